The van der Waals surface area contributed by atoms with E-state index in [9.17, 15) is 4.79 Å². The highest BCUT2D eigenvalue weighted by molar-refractivity contribution is 5.74. The van der Waals surface area contributed by atoms with E-state index < -0.39 is 0 Å². The molecule has 128 valence electrons. The molecule has 1 saturated carbocycles. The molecule has 1 aliphatic carbocycles. The summed E-state index contributed by atoms with van der Waals surface area (Å²) < 4.78 is 5.47. The van der Waals surface area contributed by atoms with Crippen LogP contribution in [0.3, 0.4) is 0 Å². The normalized spacial score (nSPS) is 22.4. The Bertz CT molecular complexity index is 337. The van der Waals surface area contributed by atoms with Crippen molar-refractivity contribution < 1.29 is 9.53 Å². The first-order valence-corrected chi connectivity index (χ1v) is 9.01. The fraction of sp³-hybridized carbons (Fsp3) is 0.941. The van der Waals surface area contributed by atoms with Crippen molar-refractivity contribution in [2.24, 2.45) is 11.8 Å². The molecule has 0 bridgehead atoms. The lowest BCUT2D eigenvalue weighted by Gasteiger charge is -2.38. The van der Waals surface area contributed by atoms with Crippen molar-refractivity contribution in [2.45, 2.75) is 58.5 Å². The van der Waals surface area contributed by atoms with Crippen LogP contribution in [0.15, 0.2) is 0 Å². The van der Waals surface area contributed by atoms with Gasteiger partial charge in [-0.15, -0.1) is 0 Å². The summed E-state index contributed by atoms with van der Waals surface area (Å²) in [5.74, 6) is 1.32. The fourth-order valence-corrected chi connectivity index (χ4v) is 3.51. The van der Waals surface area contributed by atoms with Gasteiger partial charge in [0.2, 0.25) is 0 Å². The Kier molecular flexibility index (Phi) is 6.96. The zero-order valence-electron chi connectivity index (χ0n) is 14.4. The van der Waals surface area contributed by atoms with E-state index in [2.05, 4.69) is 36.3 Å². The molecule has 0 radical (unpaired) electrons. The number of hydrogen-bond acceptors (Lipinski definition) is 3. The predicted octanol–water partition coefficient (Wildman–Crippen LogP) is 2.22. The van der Waals surface area contributed by atoms with Gasteiger partial charge in [-0.2, -0.15) is 0 Å². The molecule has 0 aromatic carbocycles. The standard InChI is InChI=1S/C17H33N3O2/c1-4-14(5-2)16(20-8-10-22-11-9-20)12-18-17(21)19-13(3)15-6-7-15/h13-16H,4-12H2,1-3H3,(H2,18,19,21). The number of carbonyl (C=O) groups is 1. The first-order chi connectivity index (χ1) is 10.7. The number of rotatable bonds is 8. The number of amides is 2. The number of nitrogens with zero attached hydrogens (tertiary/aromatic N) is 1. The van der Waals surface area contributed by atoms with Gasteiger partial charge in [0, 0.05) is 31.7 Å². The minimum absolute atomic E-state index is 0.0105. The molecule has 2 amide bonds. The van der Waals surface area contributed by atoms with Crippen LogP contribution in [0.5, 0.6) is 0 Å². The van der Waals surface area contributed by atoms with Crippen LogP contribution in [0.2, 0.25) is 0 Å². The topological polar surface area (TPSA) is 53.6 Å². The Morgan fingerprint density at radius 2 is 1.86 bits per heavy atom. The molecule has 2 N–H and O–H groups in total. The molecule has 0 aromatic rings. The smallest absolute Gasteiger partial charge is 0.315 e. The lowest BCUT2D eigenvalue weighted by molar-refractivity contribution is 0.00236. The van der Waals surface area contributed by atoms with Crippen molar-refractivity contribution in [3.05, 3.63) is 0 Å². The Morgan fingerprint density at radius 1 is 1.23 bits per heavy atom. The maximum absolute atomic E-state index is 12.1. The van der Waals surface area contributed by atoms with E-state index in [4.69, 9.17) is 4.74 Å². The van der Waals surface area contributed by atoms with Gasteiger partial charge in [0.05, 0.1) is 13.2 Å². The molecule has 1 heterocycles. The monoisotopic (exact) mass is 311 g/mol. The van der Waals surface area contributed by atoms with Gasteiger partial charge >= 0.3 is 6.03 Å². The highest BCUT2D eigenvalue weighted by Crippen LogP contribution is 2.32. The Morgan fingerprint density at radius 3 is 2.41 bits per heavy atom. The molecule has 2 atom stereocenters. The van der Waals surface area contributed by atoms with Crippen molar-refractivity contribution in [3.63, 3.8) is 0 Å². The summed E-state index contributed by atoms with van der Waals surface area (Å²) >= 11 is 0. The zero-order valence-corrected chi connectivity index (χ0v) is 14.4. The number of ether oxygens (including phenoxy) is 1. The molecule has 0 spiro atoms. The van der Waals surface area contributed by atoms with Gasteiger partial charge in [0.1, 0.15) is 0 Å². The van der Waals surface area contributed by atoms with Crippen LogP contribution in [0.1, 0.15) is 46.5 Å². The third-order valence-corrected chi connectivity index (χ3v) is 5.27. The summed E-state index contributed by atoms with van der Waals surface area (Å²) in [6.45, 7) is 10.9. The van der Waals surface area contributed by atoms with Crippen LogP contribution in [-0.4, -0.2) is 55.9 Å². The van der Waals surface area contributed by atoms with Gasteiger partial charge in [-0.25, -0.2) is 4.79 Å². The fourth-order valence-electron chi connectivity index (χ4n) is 3.51. The second-order valence-electron chi connectivity index (χ2n) is 6.77. The van der Waals surface area contributed by atoms with E-state index in [1.54, 1.807) is 0 Å². The van der Waals surface area contributed by atoms with Crippen molar-refractivity contribution in [1.82, 2.24) is 15.5 Å². The van der Waals surface area contributed by atoms with Gasteiger partial charge in [0.15, 0.2) is 0 Å². The Hall–Kier alpha value is -0.810. The maximum atomic E-state index is 12.1. The van der Waals surface area contributed by atoms with Crippen molar-refractivity contribution in [1.29, 1.82) is 0 Å². The van der Waals surface area contributed by atoms with E-state index in [1.165, 1.54) is 12.8 Å². The highest BCUT2D eigenvalue weighted by atomic mass is 16.5. The second-order valence-corrected chi connectivity index (χ2v) is 6.77. The summed E-state index contributed by atoms with van der Waals surface area (Å²) in [7, 11) is 0. The summed E-state index contributed by atoms with van der Waals surface area (Å²) in [5.41, 5.74) is 0. The molecule has 5 heteroatoms. The number of nitrogens with one attached hydrogen (secondary N) is 2. The van der Waals surface area contributed by atoms with Gasteiger partial charge in [-0.1, -0.05) is 26.7 Å². The molecule has 5 nitrogen and oxygen atoms in total. The summed E-state index contributed by atoms with van der Waals surface area (Å²) in [6.07, 6.45) is 4.82. The molecular weight excluding hydrogens is 278 g/mol. The van der Waals surface area contributed by atoms with Crippen molar-refractivity contribution in [2.75, 3.05) is 32.8 Å². The largest absolute Gasteiger partial charge is 0.379 e. The second kappa shape index (κ2) is 8.73. The van der Waals surface area contributed by atoms with Gasteiger partial charge in [-0.3, -0.25) is 4.90 Å². The van der Waals surface area contributed by atoms with Crippen LogP contribution in [-0.2, 0) is 4.74 Å². The van der Waals surface area contributed by atoms with Crippen LogP contribution < -0.4 is 10.6 Å². The van der Waals surface area contributed by atoms with E-state index in [1.807, 2.05) is 0 Å². The van der Waals surface area contributed by atoms with Gasteiger partial charge in [-0.05, 0) is 31.6 Å². The molecule has 1 aliphatic heterocycles. The molecule has 0 aromatic heterocycles. The van der Waals surface area contributed by atoms with Crippen LogP contribution in [0, 0.1) is 11.8 Å². The van der Waals surface area contributed by atoms with Crippen LogP contribution in [0.25, 0.3) is 0 Å². The van der Waals surface area contributed by atoms with Gasteiger partial charge < -0.3 is 15.4 Å². The zero-order chi connectivity index (χ0) is 15.9. The van der Waals surface area contributed by atoms with E-state index in [0.717, 1.165) is 45.7 Å². The van der Waals surface area contributed by atoms with E-state index in [-0.39, 0.29) is 6.03 Å². The Labute approximate surface area is 135 Å². The van der Waals surface area contributed by atoms with Gasteiger partial charge in [0.25, 0.3) is 0 Å². The molecule has 22 heavy (non-hydrogen) atoms. The van der Waals surface area contributed by atoms with E-state index >= 15 is 0 Å². The molecule has 2 unspecified atom stereocenters. The summed E-state index contributed by atoms with van der Waals surface area (Å²) in [6, 6.07) is 0.708. The number of hydrogen-bond donors (Lipinski definition) is 2. The van der Waals surface area contributed by atoms with E-state index in [0.29, 0.717) is 23.9 Å². The van der Waals surface area contributed by atoms with Crippen molar-refractivity contribution >= 4 is 6.03 Å². The number of morpholine rings is 1. The minimum atomic E-state index is -0.0105. The average molecular weight is 311 g/mol. The SMILES string of the molecule is CCC(CC)C(CNC(=O)NC(C)C1CC1)N1CCOCC1. The molecule has 2 aliphatic rings. The third-order valence-electron chi connectivity index (χ3n) is 5.27. The summed E-state index contributed by atoms with van der Waals surface area (Å²) in [5, 5.41) is 6.19. The lowest BCUT2D eigenvalue weighted by Crippen LogP contribution is -2.53. The molecule has 2 rings (SSSR count). The van der Waals surface area contributed by atoms with Crippen LogP contribution in [0.4, 0.5) is 4.79 Å². The van der Waals surface area contributed by atoms with Crippen LogP contribution >= 0.6 is 0 Å². The molecule has 2 fully saturated rings. The molecular formula is C17H33N3O2. The quantitative estimate of drug-likeness (QED) is 0.723. The predicted molar refractivity (Wildman–Crippen MR) is 89.0 cm³/mol. The third kappa shape index (κ3) is 5.13. The minimum Gasteiger partial charge on any atom is -0.379 e. The first-order valence-electron chi connectivity index (χ1n) is 9.01. The molecule has 1 saturated heterocycles. The Balaban J connectivity index is 1.83. The summed E-state index contributed by atoms with van der Waals surface area (Å²) in [4.78, 5) is 14.6. The van der Waals surface area contributed by atoms with Crippen molar-refractivity contribution in [3.8, 4) is 0 Å². The number of urea groups is 1. The lowest BCUT2D eigenvalue weighted by atomic mass is 9.92. The number of carbonyl (C=O) groups excluding carboxylic acids is 1. The highest BCUT2D eigenvalue weighted by Gasteiger charge is 2.30. The average Bonchev–Trinajstić information content (AvgIpc) is 3.37. The maximum Gasteiger partial charge on any atom is 0.315 e. The first kappa shape index (κ1) is 17.5.